The first kappa shape index (κ1) is 22.7. The summed E-state index contributed by atoms with van der Waals surface area (Å²) in [6, 6.07) is 7.59. The molecule has 0 saturated carbocycles. The van der Waals surface area contributed by atoms with Crippen LogP contribution in [-0.2, 0) is 9.53 Å². The van der Waals surface area contributed by atoms with Crippen LogP contribution in [-0.4, -0.2) is 61.5 Å². The van der Waals surface area contributed by atoms with Crippen molar-refractivity contribution in [2.45, 2.75) is 31.5 Å². The normalized spacial score (nSPS) is 22.5. The van der Waals surface area contributed by atoms with Crippen molar-refractivity contribution < 1.29 is 32.2 Å². The van der Waals surface area contributed by atoms with Gasteiger partial charge in [-0.05, 0) is 37.0 Å². The molecule has 2 aliphatic heterocycles. The van der Waals surface area contributed by atoms with Gasteiger partial charge in [-0.2, -0.15) is 5.26 Å². The van der Waals surface area contributed by atoms with Gasteiger partial charge in [-0.25, -0.2) is 4.79 Å². The molecule has 0 radical (unpaired) electrons. The number of ether oxygens (including phenoxy) is 2. The maximum Gasteiger partial charge on any atom is 0.573 e. The molecule has 1 aromatic carbocycles. The zero-order valence-electron chi connectivity index (χ0n) is 17.1. The Kier molecular flexibility index (Phi) is 6.93. The number of rotatable bonds is 3. The van der Waals surface area contributed by atoms with Gasteiger partial charge in [0.1, 0.15) is 5.75 Å². The molecule has 0 N–H and O–H groups in total. The molecular formula is C21H24F3N3O4. The maximum atomic E-state index is 13.1. The van der Waals surface area contributed by atoms with Crippen LogP contribution in [0.15, 0.2) is 24.3 Å². The second kappa shape index (κ2) is 9.45. The van der Waals surface area contributed by atoms with Gasteiger partial charge in [0.25, 0.3) is 0 Å². The molecule has 168 valence electrons. The highest BCUT2D eigenvalue weighted by atomic mass is 19.4. The van der Waals surface area contributed by atoms with E-state index in [4.69, 9.17) is 10.00 Å². The Hall–Kier alpha value is -2.96. The lowest BCUT2D eigenvalue weighted by atomic mass is 9.84. The molecule has 0 aromatic heterocycles. The van der Waals surface area contributed by atoms with Crippen LogP contribution in [0, 0.1) is 23.2 Å². The predicted molar refractivity (Wildman–Crippen MR) is 103 cm³/mol. The van der Waals surface area contributed by atoms with Crippen molar-refractivity contribution in [1.82, 2.24) is 9.80 Å². The van der Waals surface area contributed by atoms with E-state index >= 15 is 0 Å². The van der Waals surface area contributed by atoms with Crippen molar-refractivity contribution in [1.29, 1.82) is 5.26 Å². The fraction of sp³-hybridized carbons (Fsp3) is 0.571. The van der Waals surface area contributed by atoms with Crippen LogP contribution in [0.25, 0.3) is 0 Å². The van der Waals surface area contributed by atoms with E-state index in [9.17, 15) is 22.8 Å². The summed E-state index contributed by atoms with van der Waals surface area (Å²) in [6.45, 7) is 1.35. The second-order valence-electron chi connectivity index (χ2n) is 7.85. The lowest BCUT2D eigenvalue weighted by molar-refractivity contribution is -0.274. The number of carbonyl (C=O) groups excluding carboxylic acids is 2. The number of esters is 1. The van der Waals surface area contributed by atoms with E-state index in [1.54, 1.807) is 15.9 Å². The Bertz CT molecular complexity index is 847. The molecule has 2 atom stereocenters. The van der Waals surface area contributed by atoms with Gasteiger partial charge in [0, 0.05) is 38.0 Å². The highest BCUT2D eigenvalue weighted by molar-refractivity contribution is 5.78. The number of amides is 2. The van der Waals surface area contributed by atoms with Crippen molar-refractivity contribution in [2.75, 3.05) is 33.3 Å². The minimum Gasteiger partial charge on any atom is -0.469 e. The molecule has 0 aliphatic carbocycles. The third-order valence-corrected chi connectivity index (χ3v) is 5.77. The number of urea groups is 1. The van der Waals surface area contributed by atoms with Gasteiger partial charge in [0.05, 0.1) is 19.1 Å². The van der Waals surface area contributed by atoms with E-state index in [1.165, 1.54) is 25.3 Å². The van der Waals surface area contributed by atoms with E-state index in [1.807, 2.05) is 0 Å². The van der Waals surface area contributed by atoms with Crippen molar-refractivity contribution in [3.8, 4) is 11.8 Å². The molecule has 0 bridgehead atoms. The van der Waals surface area contributed by atoms with Crippen LogP contribution in [0.2, 0.25) is 0 Å². The van der Waals surface area contributed by atoms with Crippen LogP contribution < -0.4 is 4.74 Å². The van der Waals surface area contributed by atoms with Crippen LogP contribution in [0.5, 0.6) is 5.75 Å². The summed E-state index contributed by atoms with van der Waals surface area (Å²) in [5.41, 5.74) is 0.552. The number of nitrogens with zero attached hydrogens (tertiary/aromatic N) is 3. The zero-order chi connectivity index (χ0) is 22.6. The van der Waals surface area contributed by atoms with Gasteiger partial charge < -0.3 is 19.3 Å². The van der Waals surface area contributed by atoms with Gasteiger partial charge in [0.15, 0.2) is 0 Å². The van der Waals surface area contributed by atoms with Crippen LogP contribution >= 0.6 is 0 Å². The van der Waals surface area contributed by atoms with Gasteiger partial charge in [-0.15, -0.1) is 13.2 Å². The third kappa shape index (κ3) is 5.81. The average Bonchev–Trinajstić information content (AvgIpc) is 2.76. The molecule has 31 heavy (non-hydrogen) atoms. The number of hydrogen-bond acceptors (Lipinski definition) is 5. The lowest BCUT2D eigenvalue weighted by Crippen LogP contribution is -2.52. The first-order valence-electron chi connectivity index (χ1n) is 10.1. The number of likely N-dealkylation sites (tertiary alicyclic amines) is 2. The number of alkyl halides is 3. The van der Waals surface area contributed by atoms with Gasteiger partial charge in [0.2, 0.25) is 0 Å². The summed E-state index contributed by atoms with van der Waals surface area (Å²) in [4.78, 5) is 28.5. The first-order valence-corrected chi connectivity index (χ1v) is 10.1. The molecule has 2 heterocycles. The number of carbonyl (C=O) groups is 2. The number of halogens is 3. The summed E-state index contributed by atoms with van der Waals surface area (Å²) >= 11 is 0. The third-order valence-electron chi connectivity index (χ3n) is 5.77. The summed E-state index contributed by atoms with van der Waals surface area (Å²) in [7, 11) is 1.27. The number of piperidine rings is 2. The maximum absolute atomic E-state index is 13.1. The second-order valence-corrected chi connectivity index (χ2v) is 7.85. The largest absolute Gasteiger partial charge is 0.573 e. The summed E-state index contributed by atoms with van der Waals surface area (Å²) in [5, 5.41) is 9.05. The Balaban J connectivity index is 1.78. The monoisotopic (exact) mass is 439 g/mol. The number of benzene rings is 1. The molecule has 2 aliphatic rings. The molecule has 0 spiro atoms. The summed E-state index contributed by atoms with van der Waals surface area (Å²) < 4.78 is 46.7. The highest BCUT2D eigenvalue weighted by Crippen LogP contribution is 2.34. The predicted octanol–water partition coefficient (Wildman–Crippen LogP) is 3.52. The fourth-order valence-electron chi connectivity index (χ4n) is 4.20. The molecular weight excluding hydrogens is 415 g/mol. The number of methoxy groups -OCH3 is 1. The van der Waals surface area contributed by atoms with Gasteiger partial charge >= 0.3 is 18.4 Å². The van der Waals surface area contributed by atoms with Crippen molar-refractivity contribution in [3.05, 3.63) is 29.8 Å². The van der Waals surface area contributed by atoms with Crippen LogP contribution in [0.4, 0.5) is 18.0 Å². The molecule has 3 rings (SSSR count). The van der Waals surface area contributed by atoms with E-state index in [2.05, 4.69) is 10.8 Å². The average molecular weight is 439 g/mol. The van der Waals surface area contributed by atoms with Crippen molar-refractivity contribution in [2.24, 2.45) is 11.8 Å². The standard InChI is InChI=1S/C21H24F3N3O4/c1-30-19(28)17-9-16(15-3-2-4-18(10-15)31-21(22,23)24)12-27(13-17)20(29)26-7-5-14(11-25)6-8-26/h2-4,10,14,16-17H,5-9,12-13H2,1H3. The SMILES string of the molecule is COC(=O)C1CC(c2cccc(OC(F)(F)F)c2)CN(C(=O)N2CCC(C#N)CC2)C1. The Morgan fingerprint density at radius 3 is 2.48 bits per heavy atom. The summed E-state index contributed by atoms with van der Waals surface area (Å²) in [6.07, 6.45) is -3.27. The quantitative estimate of drug-likeness (QED) is 0.673. The Labute approximate surface area is 178 Å². The number of nitriles is 1. The molecule has 2 saturated heterocycles. The Morgan fingerprint density at radius 1 is 1.16 bits per heavy atom. The molecule has 2 unspecified atom stereocenters. The van der Waals surface area contributed by atoms with E-state index in [0.717, 1.165) is 0 Å². The van der Waals surface area contributed by atoms with Crippen LogP contribution in [0.3, 0.4) is 0 Å². The van der Waals surface area contributed by atoms with E-state index in [-0.39, 0.29) is 36.7 Å². The van der Waals surface area contributed by atoms with Crippen molar-refractivity contribution >= 4 is 12.0 Å². The van der Waals surface area contributed by atoms with Gasteiger partial charge in [-0.1, -0.05) is 12.1 Å². The lowest BCUT2D eigenvalue weighted by Gasteiger charge is -2.40. The molecule has 7 nitrogen and oxygen atoms in total. The van der Waals surface area contributed by atoms with E-state index < -0.39 is 18.2 Å². The highest BCUT2D eigenvalue weighted by Gasteiger charge is 2.38. The van der Waals surface area contributed by atoms with Crippen molar-refractivity contribution in [3.63, 3.8) is 0 Å². The smallest absolute Gasteiger partial charge is 0.469 e. The first-order chi connectivity index (χ1) is 14.7. The minimum atomic E-state index is -4.81. The number of hydrogen-bond donors (Lipinski definition) is 0. The molecule has 1 aromatic rings. The van der Waals surface area contributed by atoms with Crippen LogP contribution in [0.1, 0.15) is 30.7 Å². The summed E-state index contributed by atoms with van der Waals surface area (Å²) in [5.74, 6) is -1.82. The molecule has 2 amide bonds. The Morgan fingerprint density at radius 2 is 1.87 bits per heavy atom. The van der Waals surface area contributed by atoms with Gasteiger partial charge in [-0.3, -0.25) is 4.79 Å². The fourth-order valence-corrected chi connectivity index (χ4v) is 4.20. The topological polar surface area (TPSA) is 82.9 Å². The molecule has 10 heteroatoms. The van der Waals surface area contributed by atoms with E-state index in [0.29, 0.717) is 37.9 Å². The zero-order valence-corrected chi connectivity index (χ0v) is 17.1. The molecule has 2 fully saturated rings. The minimum absolute atomic E-state index is 0.0719.